The molecular formula is C15H16N2O3. The van der Waals surface area contributed by atoms with E-state index in [0.29, 0.717) is 17.4 Å². The van der Waals surface area contributed by atoms with Crippen LogP contribution in [0.2, 0.25) is 0 Å². The molecule has 20 heavy (non-hydrogen) atoms. The van der Waals surface area contributed by atoms with Crippen molar-refractivity contribution in [2.24, 2.45) is 5.92 Å². The maximum atomic E-state index is 12.2. The second-order valence-corrected chi connectivity index (χ2v) is 5.22. The molecule has 0 bridgehead atoms. The van der Waals surface area contributed by atoms with Gasteiger partial charge in [-0.2, -0.15) is 0 Å². The van der Waals surface area contributed by atoms with Crippen molar-refractivity contribution >= 4 is 5.91 Å². The molecule has 5 heteroatoms. The topological polar surface area (TPSA) is 66.3 Å². The van der Waals surface area contributed by atoms with Crippen molar-refractivity contribution in [2.75, 3.05) is 13.6 Å². The van der Waals surface area contributed by atoms with Crippen molar-refractivity contribution in [3.63, 3.8) is 0 Å². The molecule has 1 aliphatic rings. The minimum Gasteiger partial charge on any atom is -0.463 e. The Hall–Kier alpha value is -2.30. The highest BCUT2D eigenvalue weighted by atomic mass is 16.3. The van der Waals surface area contributed by atoms with Crippen molar-refractivity contribution in [1.82, 2.24) is 9.88 Å². The number of hydrogen-bond acceptors (Lipinski definition) is 3. The van der Waals surface area contributed by atoms with E-state index >= 15 is 0 Å². The summed E-state index contributed by atoms with van der Waals surface area (Å²) >= 11 is 0. The lowest BCUT2D eigenvalue weighted by molar-refractivity contribution is 0.0787. The fourth-order valence-corrected chi connectivity index (χ4v) is 2.19. The fourth-order valence-electron chi connectivity index (χ4n) is 2.19. The minimum atomic E-state index is -0.383. The highest BCUT2D eigenvalue weighted by molar-refractivity contribution is 5.93. The predicted molar refractivity (Wildman–Crippen MR) is 74.4 cm³/mol. The Kier molecular flexibility index (Phi) is 3.18. The molecule has 1 N–H and O–H groups in total. The van der Waals surface area contributed by atoms with Crippen LogP contribution < -0.4 is 5.56 Å². The summed E-state index contributed by atoms with van der Waals surface area (Å²) in [7, 11) is 1.74. The number of rotatable bonds is 4. The van der Waals surface area contributed by atoms with E-state index in [1.54, 1.807) is 36.2 Å². The van der Waals surface area contributed by atoms with Crippen molar-refractivity contribution in [2.45, 2.75) is 12.8 Å². The number of aromatic nitrogens is 1. The number of pyridine rings is 1. The first-order valence-corrected chi connectivity index (χ1v) is 6.68. The van der Waals surface area contributed by atoms with E-state index in [2.05, 4.69) is 4.98 Å². The van der Waals surface area contributed by atoms with E-state index in [1.165, 1.54) is 19.1 Å². The van der Waals surface area contributed by atoms with E-state index < -0.39 is 0 Å². The van der Waals surface area contributed by atoms with E-state index in [0.717, 1.165) is 6.54 Å². The van der Waals surface area contributed by atoms with Crippen molar-refractivity contribution in [3.05, 3.63) is 46.4 Å². The summed E-state index contributed by atoms with van der Waals surface area (Å²) in [5.74, 6) is 0.946. The summed E-state index contributed by atoms with van der Waals surface area (Å²) in [5.41, 5.74) is 0.358. The van der Waals surface area contributed by atoms with Gasteiger partial charge in [0.2, 0.25) is 0 Å². The van der Waals surface area contributed by atoms with Gasteiger partial charge in [-0.1, -0.05) is 0 Å². The van der Waals surface area contributed by atoms with Gasteiger partial charge in [0.25, 0.3) is 11.5 Å². The molecule has 2 aromatic heterocycles. The number of nitrogens with zero attached hydrogens (tertiary/aromatic N) is 1. The van der Waals surface area contributed by atoms with Crippen LogP contribution in [0.15, 0.2) is 39.7 Å². The number of carbonyl (C=O) groups excluding carboxylic acids is 1. The van der Waals surface area contributed by atoms with Crippen molar-refractivity contribution < 1.29 is 9.21 Å². The SMILES string of the molecule is CN(CC1CC1)C(=O)c1ccc(-c2ccco2)[nH]c1=O. The molecule has 0 aromatic carbocycles. The van der Waals surface area contributed by atoms with Crippen LogP contribution in [-0.2, 0) is 0 Å². The van der Waals surface area contributed by atoms with Gasteiger partial charge in [0, 0.05) is 13.6 Å². The molecule has 0 spiro atoms. The van der Waals surface area contributed by atoms with Crippen molar-refractivity contribution in [3.8, 4) is 11.5 Å². The van der Waals surface area contributed by atoms with Crippen LogP contribution >= 0.6 is 0 Å². The monoisotopic (exact) mass is 272 g/mol. The summed E-state index contributed by atoms with van der Waals surface area (Å²) in [5, 5.41) is 0. The maximum absolute atomic E-state index is 12.2. The molecule has 1 saturated carbocycles. The van der Waals surface area contributed by atoms with Gasteiger partial charge < -0.3 is 14.3 Å². The minimum absolute atomic E-state index is 0.170. The van der Waals surface area contributed by atoms with Crippen molar-refractivity contribution in [1.29, 1.82) is 0 Å². The van der Waals surface area contributed by atoms with Crippen LogP contribution in [0.4, 0.5) is 0 Å². The third-order valence-corrected chi connectivity index (χ3v) is 3.50. The average Bonchev–Trinajstić information content (AvgIpc) is 3.07. The first-order valence-electron chi connectivity index (χ1n) is 6.68. The van der Waals surface area contributed by atoms with Gasteiger partial charge in [-0.15, -0.1) is 0 Å². The molecular weight excluding hydrogens is 256 g/mol. The fraction of sp³-hybridized carbons (Fsp3) is 0.333. The smallest absolute Gasteiger partial charge is 0.261 e. The van der Waals surface area contributed by atoms with Gasteiger partial charge in [0.15, 0.2) is 0 Å². The quantitative estimate of drug-likeness (QED) is 0.927. The Morgan fingerprint density at radius 1 is 1.40 bits per heavy atom. The highest BCUT2D eigenvalue weighted by Crippen LogP contribution is 2.29. The Morgan fingerprint density at radius 2 is 2.20 bits per heavy atom. The molecule has 0 saturated heterocycles. The number of hydrogen-bond donors (Lipinski definition) is 1. The van der Waals surface area contributed by atoms with Gasteiger partial charge >= 0.3 is 0 Å². The molecule has 2 aromatic rings. The number of aromatic amines is 1. The summed E-state index contributed by atoms with van der Waals surface area (Å²) in [6, 6.07) is 6.75. The normalized spacial score (nSPS) is 14.2. The summed E-state index contributed by atoms with van der Waals surface area (Å²) in [6.07, 6.45) is 3.88. The molecule has 3 rings (SSSR count). The van der Waals surface area contributed by atoms with Gasteiger partial charge in [0.05, 0.1) is 12.0 Å². The molecule has 0 atom stereocenters. The summed E-state index contributed by atoms with van der Waals surface area (Å²) < 4.78 is 5.22. The number of H-pyrrole nitrogens is 1. The third-order valence-electron chi connectivity index (χ3n) is 3.50. The molecule has 0 radical (unpaired) electrons. The van der Waals surface area contributed by atoms with Crippen LogP contribution in [0.5, 0.6) is 0 Å². The zero-order valence-corrected chi connectivity index (χ0v) is 11.3. The standard InChI is InChI=1S/C15H16N2O3/c1-17(9-10-4-5-10)15(19)11-6-7-12(16-14(11)18)13-3-2-8-20-13/h2-3,6-8,10H,4-5,9H2,1H3,(H,16,18). The number of amides is 1. The first kappa shape index (κ1) is 12.7. The maximum Gasteiger partial charge on any atom is 0.261 e. The Morgan fingerprint density at radius 3 is 2.80 bits per heavy atom. The zero-order valence-electron chi connectivity index (χ0n) is 11.3. The Labute approximate surface area is 116 Å². The zero-order chi connectivity index (χ0) is 14.1. The largest absolute Gasteiger partial charge is 0.463 e. The number of nitrogens with one attached hydrogen (secondary N) is 1. The number of furan rings is 1. The van der Waals surface area contributed by atoms with Gasteiger partial charge in [-0.3, -0.25) is 9.59 Å². The van der Waals surface area contributed by atoms with E-state index in [4.69, 9.17) is 4.42 Å². The Bertz CT molecular complexity index is 669. The molecule has 0 unspecified atom stereocenters. The Balaban J connectivity index is 1.83. The predicted octanol–water partition coefficient (Wildman–Crippen LogP) is 2.12. The van der Waals surface area contributed by atoms with E-state index in [9.17, 15) is 9.59 Å². The summed E-state index contributed by atoms with van der Waals surface area (Å²) in [6.45, 7) is 0.720. The van der Waals surface area contributed by atoms with Gasteiger partial charge in [-0.05, 0) is 43.0 Å². The molecule has 5 nitrogen and oxygen atoms in total. The molecule has 1 aliphatic carbocycles. The molecule has 1 fully saturated rings. The van der Waals surface area contributed by atoms with Crippen LogP contribution in [0.25, 0.3) is 11.5 Å². The van der Waals surface area contributed by atoms with Crippen LogP contribution in [-0.4, -0.2) is 29.4 Å². The van der Waals surface area contributed by atoms with Gasteiger partial charge in [0.1, 0.15) is 11.3 Å². The van der Waals surface area contributed by atoms with Crippen LogP contribution in [0.3, 0.4) is 0 Å². The molecule has 0 aliphatic heterocycles. The molecule has 104 valence electrons. The van der Waals surface area contributed by atoms with E-state index in [1.807, 2.05) is 0 Å². The first-order chi connectivity index (χ1) is 9.65. The summed E-state index contributed by atoms with van der Waals surface area (Å²) in [4.78, 5) is 28.6. The average molecular weight is 272 g/mol. The van der Waals surface area contributed by atoms with Crippen LogP contribution in [0, 0.1) is 5.92 Å². The lowest BCUT2D eigenvalue weighted by Crippen LogP contribution is -2.33. The van der Waals surface area contributed by atoms with Gasteiger partial charge in [-0.25, -0.2) is 0 Å². The number of carbonyl (C=O) groups is 1. The lowest BCUT2D eigenvalue weighted by Gasteiger charge is -2.16. The molecule has 2 heterocycles. The second-order valence-electron chi connectivity index (χ2n) is 5.22. The van der Waals surface area contributed by atoms with Crippen LogP contribution in [0.1, 0.15) is 23.2 Å². The second kappa shape index (κ2) is 5.00. The lowest BCUT2D eigenvalue weighted by atomic mass is 10.2. The van der Waals surface area contributed by atoms with E-state index in [-0.39, 0.29) is 17.0 Å². The third kappa shape index (κ3) is 2.52. The highest BCUT2D eigenvalue weighted by Gasteiger charge is 2.26. The molecule has 1 amide bonds.